The van der Waals surface area contributed by atoms with Crippen LogP contribution in [0.1, 0.15) is 76.8 Å². The normalized spacial score (nSPS) is 11.0. The Hall–Kier alpha value is -0.730. The van der Waals surface area contributed by atoms with Crippen LogP contribution in [0.5, 0.6) is 5.75 Å². The van der Waals surface area contributed by atoms with Gasteiger partial charge in [0.1, 0.15) is 5.75 Å². The van der Waals surface area contributed by atoms with Gasteiger partial charge in [0, 0.05) is 6.54 Å². The summed E-state index contributed by atoms with van der Waals surface area (Å²) in [4.78, 5) is 2.61. The number of rotatable bonds is 12. The van der Waals surface area contributed by atoms with Crippen molar-refractivity contribution >= 4 is 12.4 Å². The highest BCUT2D eigenvalue weighted by Gasteiger charge is 2.09. The van der Waals surface area contributed by atoms with Gasteiger partial charge in [-0.3, -0.25) is 0 Å². The molecule has 24 heavy (non-hydrogen) atoms. The van der Waals surface area contributed by atoms with E-state index in [1.54, 1.807) is 0 Å². The molecule has 0 spiro atoms. The van der Waals surface area contributed by atoms with Crippen LogP contribution >= 0.6 is 12.4 Å². The largest absolute Gasteiger partial charge is 0.493 e. The lowest BCUT2D eigenvalue weighted by atomic mass is 10.0. The van der Waals surface area contributed by atoms with Crippen molar-refractivity contribution in [2.75, 3.05) is 26.2 Å². The van der Waals surface area contributed by atoms with Gasteiger partial charge >= 0.3 is 0 Å². The number of halogens is 1. The molecular formula is C21H38ClNO. The Bertz CT molecular complexity index is 426. The SMILES string of the molecule is CCCCN(CCCC)CCCOc1cc(C)ccc1C(C)C.Cl. The number of hydrogen-bond acceptors (Lipinski definition) is 2. The summed E-state index contributed by atoms with van der Waals surface area (Å²) < 4.78 is 6.11. The van der Waals surface area contributed by atoms with Crippen LogP contribution in [0, 0.1) is 6.92 Å². The molecule has 140 valence electrons. The minimum atomic E-state index is 0. The summed E-state index contributed by atoms with van der Waals surface area (Å²) in [7, 11) is 0. The molecule has 0 fully saturated rings. The first-order valence-corrected chi connectivity index (χ1v) is 9.54. The Morgan fingerprint density at radius 1 is 0.958 bits per heavy atom. The molecule has 0 aliphatic rings. The maximum absolute atomic E-state index is 6.11. The molecule has 0 heterocycles. The van der Waals surface area contributed by atoms with Crippen molar-refractivity contribution in [3.63, 3.8) is 0 Å². The van der Waals surface area contributed by atoms with Crippen molar-refractivity contribution in [2.24, 2.45) is 0 Å². The predicted molar refractivity (Wildman–Crippen MR) is 109 cm³/mol. The second-order valence-electron chi connectivity index (χ2n) is 6.95. The Labute approximate surface area is 156 Å². The summed E-state index contributed by atoms with van der Waals surface area (Å²) in [6.07, 6.45) is 6.28. The molecule has 0 bridgehead atoms. The third kappa shape index (κ3) is 8.94. The smallest absolute Gasteiger partial charge is 0.122 e. The fraction of sp³-hybridized carbons (Fsp3) is 0.714. The van der Waals surface area contributed by atoms with Gasteiger partial charge < -0.3 is 9.64 Å². The molecule has 0 aliphatic heterocycles. The molecule has 0 radical (unpaired) electrons. The first-order chi connectivity index (χ1) is 11.1. The van der Waals surface area contributed by atoms with Crippen molar-refractivity contribution in [1.82, 2.24) is 4.90 Å². The Kier molecular flexibility index (Phi) is 13.1. The van der Waals surface area contributed by atoms with Gasteiger partial charge in [-0.2, -0.15) is 0 Å². The first kappa shape index (κ1) is 23.3. The third-order valence-electron chi connectivity index (χ3n) is 4.32. The highest BCUT2D eigenvalue weighted by atomic mass is 35.5. The maximum atomic E-state index is 6.11. The molecule has 0 saturated heterocycles. The van der Waals surface area contributed by atoms with Crippen molar-refractivity contribution in [2.45, 2.75) is 72.6 Å². The van der Waals surface area contributed by atoms with Crippen LogP contribution in [0.15, 0.2) is 18.2 Å². The predicted octanol–water partition coefficient (Wildman–Crippen LogP) is 6.21. The molecule has 0 aliphatic carbocycles. The van der Waals surface area contributed by atoms with Gasteiger partial charge in [0.25, 0.3) is 0 Å². The molecule has 1 aromatic carbocycles. The number of ether oxygens (including phenoxy) is 1. The molecule has 0 N–H and O–H groups in total. The van der Waals surface area contributed by atoms with E-state index in [4.69, 9.17) is 4.74 Å². The highest BCUT2D eigenvalue weighted by molar-refractivity contribution is 5.85. The van der Waals surface area contributed by atoms with E-state index in [0.717, 1.165) is 25.3 Å². The van der Waals surface area contributed by atoms with E-state index in [9.17, 15) is 0 Å². The van der Waals surface area contributed by atoms with Crippen molar-refractivity contribution < 1.29 is 4.74 Å². The molecule has 0 unspecified atom stereocenters. The fourth-order valence-corrected chi connectivity index (χ4v) is 2.81. The van der Waals surface area contributed by atoms with E-state index in [1.807, 2.05) is 0 Å². The second kappa shape index (κ2) is 13.5. The van der Waals surface area contributed by atoms with E-state index in [1.165, 1.54) is 49.9 Å². The summed E-state index contributed by atoms with van der Waals surface area (Å²) in [5, 5.41) is 0. The van der Waals surface area contributed by atoms with Gasteiger partial charge in [0.15, 0.2) is 0 Å². The van der Waals surface area contributed by atoms with Gasteiger partial charge in [0.2, 0.25) is 0 Å². The molecule has 1 rings (SSSR count). The number of benzene rings is 1. The zero-order chi connectivity index (χ0) is 17.1. The molecule has 0 saturated carbocycles. The van der Waals surface area contributed by atoms with E-state index < -0.39 is 0 Å². The minimum absolute atomic E-state index is 0. The van der Waals surface area contributed by atoms with Crippen LogP contribution in [0.2, 0.25) is 0 Å². The first-order valence-electron chi connectivity index (χ1n) is 9.54. The van der Waals surface area contributed by atoms with Crippen molar-refractivity contribution in [1.29, 1.82) is 0 Å². The van der Waals surface area contributed by atoms with E-state index >= 15 is 0 Å². The zero-order valence-corrected chi connectivity index (χ0v) is 17.3. The van der Waals surface area contributed by atoms with Crippen molar-refractivity contribution in [3.8, 4) is 5.75 Å². The summed E-state index contributed by atoms with van der Waals surface area (Å²) in [5.41, 5.74) is 2.60. The van der Waals surface area contributed by atoms with Crippen LogP contribution in [0.25, 0.3) is 0 Å². The number of aryl methyl sites for hydroxylation is 1. The average molecular weight is 356 g/mol. The second-order valence-corrected chi connectivity index (χ2v) is 6.95. The van der Waals surface area contributed by atoms with Gasteiger partial charge in [-0.05, 0) is 62.4 Å². The molecule has 2 nitrogen and oxygen atoms in total. The van der Waals surface area contributed by atoms with Gasteiger partial charge in [0.05, 0.1) is 6.61 Å². The summed E-state index contributed by atoms with van der Waals surface area (Å²) in [5.74, 6) is 1.59. The van der Waals surface area contributed by atoms with Crippen LogP contribution in [0.3, 0.4) is 0 Å². The number of unbranched alkanes of at least 4 members (excludes halogenated alkanes) is 2. The molecular weight excluding hydrogens is 318 g/mol. The topological polar surface area (TPSA) is 12.5 Å². The Morgan fingerprint density at radius 3 is 2.08 bits per heavy atom. The molecule has 0 aromatic heterocycles. The monoisotopic (exact) mass is 355 g/mol. The van der Waals surface area contributed by atoms with Crippen molar-refractivity contribution in [3.05, 3.63) is 29.3 Å². The number of hydrogen-bond donors (Lipinski definition) is 0. The number of nitrogens with zero attached hydrogens (tertiary/aromatic N) is 1. The van der Waals surface area contributed by atoms with Crippen LogP contribution in [-0.4, -0.2) is 31.1 Å². The Morgan fingerprint density at radius 2 is 1.54 bits per heavy atom. The van der Waals surface area contributed by atoms with Gasteiger partial charge in [-0.25, -0.2) is 0 Å². The lowest BCUT2D eigenvalue weighted by molar-refractivity contribution is 0.228. The summed E-state index contributed by atoms with van der Waals surface area (Å²) in [6, 6.07) is 6.57. The molecule has 3 heteroatoms. The fourth-order valence-electron chi connectivity index (χ4n) is 2.81. The van der Waals surface area contributed by atoms with E-state index in [0.29, 0.717) is 5.92 Å². The zero-order valence-electron chi connectivity index (χ0n) is 16.4. The molecule has 0 atom stereocenters. The van der Waals surface area contributed by atoms with Crippen LogP contribution in [-0.2, 0) is 0 Å². The lowest BCUT2D eigenvalue weighted by Crippen LogP contribution is -2.28. The van der Waals surface area contributed by atoms with E-state index in [-0.39, 0.29) is 12.4 Å². The van der Waals surface area contributed by atoms with Crippen LogP contribution < -0.4 is 4.74 Å². The molecule has 0 amide bonds. The Balaban J connectivity index is 0.00000529. The third-order valence-corrected chi connectivity index (χ3v) is 4.32. The summed E-state index contributed by atoms with van der Waals surface area (Å²) >= 11 is 0. The lowest BCUT2D eigenvalue weighted by Gasteiger charge is -2.22. The van der Waals surface area contributed by atoms with Crippen LogP contribution in [0.4, 0.5) is 0 Å². The van der Waals surface area contributed by atoms with E-state index in [2.05, 4.69) is 57.7 Å². The average Bonchev–Trinajstić information content (AvgIpc) is 2.53. The maximum Gasteiger partial charge on any atom is 0.122 e. The highest BCUT2D eigenvalue weighted by Crippen LogP contribution is 2.27. The standard InChI is InChI=1S/C21H37NO.ClH/c1-6-8-13-22(14-9-7-2)15-10-16-23-21-17-19(5)11-12-20(21)18(3)4;/h11-12,17-18H,6-10,13-16H2,1-5H3;1H. The van der Waals surface area contributed by atoms with Gasteiger partial charge in [-0.1, -0.05) is 52.7 Å². The summed E-state index contributed by atoms with van der Waals surface area (Å²) in [6.45, 7) is 15.6. The minimum Gasteiger partial charge on any atom is -0.493 e. The quantitative estimate of drug-likeness (QED) is 0.413. The molecule has 1 aromatic rings. The van der Waals surface area contributed by atoms with Gasteiger partial charge in [-0.15, -0.1) is 12.4 Å².